The highest BCUT2D eigenvalue weighted by Crippen LogP contribution is 2.36. The number of rotatable bonds is 5. The normalized spacial score (nSPS) is 16.1. The van der Waals surface area contributed by atoms with E-state index in [2.05, 4.69) is 34.5 Å². The van der Waals surface area contributed by atoms with Crippen LogP contribution in [0.1, 0.15) is 11.6 Å². The van der Waals surface area contributed by atoms with Crippen molar-refractivity contribution in [2.45, 2.75) is 6.04 Å². The summed E-state index contributed by atoms with van der Waals surface area (Å²) in [6, 6.07) is 27.8. The smallest absolute Gasteiger partial charge is 0.275 e. The molecule has 28 heavy (non-hydrogen) atoms. The number of para-hydroxylation sites is 2. The molecular formula is C24H23N3O. The minimum Gasteiger partial charge on any atom is -0.378 e. The van der Waals surface area contributed by atoms with Crippen LogP contribution in [0.4, 0.5) is 17.1 Å². The molecule has 1 aliphatic rings. The summed E-state index contributed by atoms with van der Waals surface area (Å²) in [7, 11) is 4.04. The van der Waals surface area contributed by atoms with Crippen molar-refractivity contribution >= 4 is 23.0 Å². The molecule has 0 aliphatic carbocycles. The fourth-order valence-corrected chi connectivity index (χ4v) is 3.41. The van der Waals surface area contributed by atoms with Crippen LogP contribution in [-0.4, -0.2) is 20.0 Å². The first-order valence-corrected chi connectivity index (χ1v) is 9.33. The number of carbonyl (C=O) groups is 1. The molecule has 140 valence electrons. The number of anilines is 3. The summed E-state index contributed by atoms with van der Waals surface area (Å²) in [6.45, 7) is 0. The Bertz CT molecular complexity index is 979. The summed E-state index contributed by atoms with van der Waals surface area (Å²) in [5.74, 6) is -0.0308. The fourth-order valence-electron chi connectivity index (χ4n) is 3.41. The maximum atomic E-state index is 13.3. The van der Waals surface area contributed by atoms with Gasteiger partial charge in [0.05, 0.1) is 6.04 Å². The summed E-state index contributed by atoms with van der Waals surface area (Å²) < 4.78 is 0. The van der Waals surface area contributed by atoms with Crippen molar-refractivity contribution in [3.8, 4) is 0 Å². The number of amides is 1. The molecule has 3 aromatic rings. The molecule has 1 aliphatic heterocycles. The minimum atomic E-state index is -0.155. The third kappa shape index (κ3) is 3.49. The zero-order chi connectivity index (χ0) is 19.5. The third-order valence-corrected chi connectivity index (χ3v) is 4.89. The Labute approximate surface area is 165 Å². The molecule has 0 radical (unpaired) electrons. The van der Waals surface area contributed by atoms with Crippen LogP contribution in [0.2, 0.25) is 0 Å². The van der Waals surface area contributed by atoms with E-state index >= 15 is 0 Å². The van der Waals surface area contributed by atoms with Gasteiger partial charge in [-0.25, -0.2) is 0 Å². The van der Waals surface area contributed by atoms with Crippen molar-refractivity contribution < 1.29 is 4.79 Å². The predicted molar refractivity (Wildman–Crippen MR) is 116 cm³/mol. The predicted octanol–water partition coefficient (Wildman–Crippen LogP) is 4.84. The van der Waals surface area contributed by atoms with E-state index in [9.17, 15) is 4.79 Å². The van der Waals surface area contributed by atoms with Crippen LogP contribution in [0, 0.1) is 0 Å². The first-order chi connectivity index (χ1) is 13.6. The van der Waals surface area contributed by atoms with Crippen molar-refractivity contribution in [3.05, 3.63) is 102 Å². The van der Waals surface area contributed by atoms with Crippen molar-refractivity contribution in [1.29, 1.82) is 0 Å². The van der Waals surface area contributed by atoms with Crippen LogP contribution in [-0.2, 0) is 4.79 Å². The van der Waals surface area contributed by atoms with Crippen LogP contribution in [0.5, 0.6) is 0 Å². The van der Waals surface area contributed by atoms with E-state index in [4.69, 9.17) is 0 Å². The zero-order valence-electron chi connectivity index (χ0n) is 16.0. The van der Waals surface area contributed by atoms with E-state index in [-0.39, 0.29) is 11.9 Å². The lowest BCUT2D eigenvalue weighted by atomic mass is 10.1. The van der Waals surface area contributed by atoms with Gasteiger partial charge in [-0.2, -0.15) is 0 Å². The molecular weight excluding hydrogens is 346 g/mol. The Morgan fingerprint density at radius 2 is 1.43 bits per heavy atom. The number of nitrogens with zero attached hydrogens (tertiary/aromatic N) is 2. The van der Waals surface area contributed by atoms with Gasteiger partial charge < -0.3 is 10.2 Å². The summed E-state index contributed by atoms with van der Waals surface area (Å²) in [5, 5.41) is 3.28. The lowest BCUT2D eigenvalue weighted by Gasteiger charge is -2.25. The molecule has 4 heteroatoms. The monoisotopic (exact) mass is 369 g/mol. The Balaban J connectivity index is 1.71. The van der Waals surface area contributed by atoms with Crippen LogP contribution >= 0.6 is 0 Å². The van der Waals surface area contributed by atoms with Gasteiger partial charge in [0.2, 0.25) is 0 Å². The number of hydrogen-bond donors (Lipinski definition) is 1. The molecule has 0 aromatic heterocycles. The molecule has 0 bridgehead atoms. The minimum absolute atomic E-state index is 0.0308. The van der Waals surface area contributed by atoms with Crippen LogP contribution < -0.4 is 15.1 Å². The van der Waals surface area contributed by atoms with Gasteiger partial charge in [-0.15, -0.1) is 0 Å². The number of nitrogens with one attached hydrogen (secondary N) is 1. The third-order valence-electron chi connectivity index (χ3n) is 4.89. The summed E-state index contributed by atoms with van der Waals surface area (Å²) in [4.78, 5) is 17.2. The van der Waals surface area contributed by atoms with Gasteiger partial charge in [0.25, 0.3) is 5.91 Å². The molecule has 4 rings (SSSR count). The highest BCUT2D eigenvalue weighted by molar-refractivity contribution is 6.11. The second kappa shape index (κ2) is 7.61. The molecule has 0 saturated carbocycles. The molecule has 1 N–H and O–H groups in total. The van der Waals surface area contributed by atoms with E-state index in [1.807, 2.05) is 85.7 Å². The average Bonchev–Trinajstić information content (AvgIpc) is 3.05. The molecule has 1 heterocycles. The molecule has 0 fully saturated rings. The van der Waals surface area contributed by atoms with Crippen molar-refractivity contribution in [2.75, 3.05) is 29.2 Å². The summed E-state index contributed by atoms with van der Waals surface area (Å²) in [6.07, 6.45) is 2.01. The Kier molecular flexibility index (Phi) is 4.85. The lowest BCUT2D eigenvalue weighted by molar-refractivity contribution is -0.114. The van der Waals surface area contributed by atoms with E-state index in [0.717, 1.165) is 22.6 Å². The molecule has 3 aromatic carbocycles. The van der Waals surface area contributed by atoms with Gasteiger partial charge in [-0.1, -0.05) is 48.5 Å². The molecule has 1 amide bonds. The quantitative estimate of drug-likeness (QED) is 0.699. The van der Waals surface area contributed by atoms with E-state index in [1.54, 1.807) is 0 Å². The van der Waals surface area contributed by atoms with E-state index in [0.29, 0.717) is 5.70 Å². The highest BCUT2D eigenvalue weighted by Gasteiger charge is 2.34. The number of hydrogen-bond acceptors (Lipinski definition) is 3. The topological polar surface area (TPSA) is 35.6 Å². The first-order valence-electron chi connectivity index (χ1n) is 9.33. The second-order valence-corrected chi connectivity index (χ2v) is 7.01. The molecule has 0 saturated heterocycles. The molecule has 0 spiro atoms. The maximum Gasteiger partial charge on any atom is 0.275 e. The van der Waals surface area contributed by atoms with Gasteiger partial charge in [0, 0.05) is 31.2 Å². The Hall–Kier alpha value is -3.53. The van der Waals surface area contributed by atoms with Gasteiger partial charge in [0.1, 0.15) is 5.70 Å². The summed E-state index contributed by atoms with van der Waals surface area (Å²) >= 11 is 0. The second-order valence-electron chi connectivity index (χ2n) is 7.01. The summed E-state index contributed by atoms with van der Waals surface area (Å²) in [5.41, 5.74) is 4.59. The Morgan fingerprint density at radius 3 is 2.04 bits per heavy atom. The van der Waals surface area contributed by atoms with Crippen LogP contribution in [0.15, 0.2) is 96.7 Å². The van der Waals surface area contributed by atoms with Crippen molar-refractivity contribution in [2.24, 2.45) is 0 Å². The standard InChI is InChI=1S/C24H23N3O/c1-26(2)20-15-13-18(14-16-20)23-17-22(25-19-9-5-3-6-10-19)24(28)27(23)21-11-7-4-8-12-21/h3-17,23,25H,1-2H3/t23-/m0/s1. The van der Waals surface area contributed by atoms with E-state index in [1.165, 1.54) is 0 Å². The highest BCUT2D eigenvalue weighted by atomic mass is 16.2. The first kappa shape index (κ1) is 17.9. The number of carbonyl (C=O) groups excluding carboxylic acids is 1. The zero-order valence-corrected chi connectivity index (χ0v) is 16.0. The Morgan fingerprint density at radius 1 is 0.821 bits per heavy atom. The van der Waals surface area contributed by atoms with Crippen LogP contribution in [0.25, 0.3) is 0 Å². The molecule has 0 unspecified atom stereocenters. The maximum absolute atomic E-state index is 13.3. The SMILES string of the molecule is CN(C)c1ccc([C@@H]2C=C(Nc3ccccc3)C(=O)N2c2ccccc2)cc1. The molecule has 4 nitrogen and oxygen atoms in total. The number of benzene rings is 3. The van der Waals surface area contributed by atoms with E-state index < -0.39 is 0 Å². The largest absolute Gasteiger partial charge is 0.378 e. The van der Waals surface area contributed by atoms with Crippen LogP contribution in [0.3, 0.4) is 0 Å². The van der Waals surface area contributed by atoms with Gasteiger partial charge in [-0.3, -0.25) is 9.69 Å². The van der Waals surface area contributed by atoms with Gasteiger partial charge in [0.15, 0.2) is 0 Å². The van der Waals surface area contributed by atoms with Crippen molar-refractivity contribution in [3.63, 3.8) is 0 Å². The van der Waals surface area contributed by atoms with Gasteiger partial charge in [-0.05, 0) is 48.0 Å². The van der Waals surface area contributed by atoms with Crippen molar-refractivity contribution in [1.82, 2.24) is 0 Å². The van der Waals surface area contributed by atoms with Gasteiger partial charge >= 0.3 is 0 Å². The molecule has 1 atom stereocenters. The lowest BCUT2D eigenvalue weighted by Crippen LogP contribution is -2.30. The fraction of sp³-hybridized carbons (Fsp3) is 0.125. The average molecular weight is 369 g/mol.